The van der Waals surface area contributed by atoms with Crippen LogP contribution in [-0.4, -0.2) is 9.97 Å². The molecule has 0 amide bonds. The van der Waals surface area contributed by atoms with E-state index in [0.717, 1.165) is 18.2 Å². The van der Waals surface area contributed by atoms with Gasteiger partial charge in [-0.05, 0) is 25.7 Å². The molecule has 0 aromatic carbocycles. The average molecular weight is 191 g/mol. The summed E-state index contributed by atoms with van der Waals surface area (Å²) in [5, 5.41) is 0. The van der Waals surface area contributed by atoms with E-state index in [9.17, 15) is 0 Å². The molecule has 1 aromatic rings. The lowest BCUT2D eigenvalue weighted by molar-refractivity contribution is 0.482. The molecule has 1 radical (unpaired) electrons. The maximum absolute atomic E-state index is 4.09. The van der Waals surface area contributed by atoms with Gasteiger partial charge < -0.3 is 4.98 Å². The molecular weight excluding hydrogens is 172 g/mol. The van der Waals surface area contributed by atoms with Crippen molar-refractivity contribution in [3.05, 3.63) is 17.7 Å². The molecule has 0 bridgehead atoms. The van der Waals surface area contributed by atoms with Crippen molar-refractivity contribution in [2.45, 2.75) is 51.9 Å². The van der Waals surface area contributed by atoms with Crippen LogP contribution >= 0.6 is 0 Å². The van der Waals surface area contributed by atoms with Crippen LogP contribution in [-0.2, 0) is 6.42 Å². The highest BCUT2D eigenvalue weighted by Gasteiger charge is 2.14. The first-order valence-electron chi connectivity index (χ1n) is 5.78. The van der Waals surface area contributed by atoms with Gasteiger partial charge in [0.05, 0.1) is 0 Å². The first-order valence-corrected chi connectivity index (χ1v) is 5.78. The summed E-state index contributed by atoms with van der Waals surface area (Å²) in [7, 11) is 0. The van der Waals surface area contributed by atoms with Gasteiger partial charge in [-0.2, -0.15) is 0 Å². The van der Waals surface area contributed by atoms with E-state index < -0.39 is 0 Å². The molecule has 0 unspecified atom stereocenters. The number of aromatic amines is 1. The van der Waals surface area contributed by atoms with E-state index in [1.165, 1.54) is 44.2 Å². The third-order valence-electron chi connectivity index (χ3n) is 3.20. The van der Waals surface area contributed by atoms with Crippen LogP contribution in [0, 0.1) is 19.0 Å². The Hall–Kier alpha value is -0.790. The first-order chi connectivity index (χ1) is 6.84. The van der Waals surface area contributed by atoms with E-state index in [4.69, 9.17) is 0 Å². The Morgan fingerprint density at radius 2 is 2.21 bits per heavy atom. The summed E-state index contributed by atoms with van der Waals surface area (Å²) in [4.78, 5) is 7.32. The maximum atomic E-state index is 4.09. The van der Waals surface area contributed by atoms with E-state index in [0.29, 0.717) is 0 Å². The Morgan fingerprint density at radius 1 is 1.43 bits per heavy atom. The third-order valence-corrected chi connectivity index (χ3v) is 3.20. The lowest BCUT2D eigenvalue weighted by Crippen LogP contribution is -1.95. The Labute approximate surface area is 86.1 Å². The number of nitrogens with one attached hydrogen (secondary N) is 1. The van der Waals surface area contributed by atoms with Crippen LogP contribution in [0.4, 0.5) is 0 Å². The Bertz CT molecular complexity index is 272. The van der Waals surface area contributed by atoms with E-state index >= 15 is 0 Å². The van der Waals surface area contributed by atoms with Gasteiger partial charge in [-0.3, -0.25) is 0 Å². The molecule has 1 heterocycles. The molecule has 1 aliphatic rings. The van der Waals surface area contributed by atoms with E-state index in [-0.39, 0.29) is 0 Å². The number of aromatic nitrogens is 2. The Morgan fingerprint density at radius 3 is 2.86 bits per heavy atom. The van der Waals surface area contributed by atoms with Gasteiger partial charge in [-0.15, -0.1) is 0 Å². The summed E-state index contributed by atoms with van der Waals surface area (Å²) < 4.78 is 0. The highest BCUT2D eigenvalue weighted by Crippen LogP contribution is 2.28. The summed E-state index contributed by atoms with van der Waals surface area (Å²) in [6.45, 7) is 1.98. The molecule has 0 atom stereocenters. The zero-order valence-corrected chi connectivity index (χ0v) is 8.97. The lowest BCUT2D eigenvalue weighted by Gasteiger charge is -2.06. The van der Waals surface area contributed by atoms with Gasteiger partial charge in [0.15, 0.2) is 0 Å². The fraction of sp³-hybridized carbons (Fsp3) is 0.750. The lowest BCUT2D eigenvalue weighted by atomic mass is 10.0. The summed E-state index contributed by atoms with van der Waals surface area (Å²) >= 11 is 0. The summed E-state index contributed by atoms with van der Waals surface area (Å²) in [5.74, 6) is 2.00. The topological polar surface area (TPSA) is 28.7 Å². The van der Waals surface area contributed by atoms with Crippen molar-refractivity contribution in [2.75, 3.05) is 0 Å². The maximum Gasteiger partial charge on any atom is 0.112 e. The van der Waals surface area contributed by atoms with Crippen LogP contribution in [0.15, 0.2) is 0 Å². The highest BCUT2D eigenvalue weighted by atomic mass is 14.9. The molecule has 14 heavy (non-hydrogen) atoms. The molecule has 77 valence electrons. The molecule has 1 fully saturated rings. The Balaban J connectivity index is 1.67. The van der Waals surface area contributed by atoms with Gasteiger partial charge >= 0.3 is 0 Å². The zero-order chi connectivity index (χ0) is 9.80. The van der Waals surface area contributed by atoms with Crippen molar-refractivity contribution in [1.29, 1.82) is 0 Å². The van der Waals surface area contributed by atoms with Crippen LogP contribution < -0.4 is 0 Å². The largest absolute Gasteiger partial charge is 0.346 e. The van der Waals surface area contributed by atoms with Gasteiger partial charge in [0.25, 0.3) is 0 Å². The minimum atomic E-state index is 0.987. The first kappa shape index (κ1) is 9.75. The number of nitrogens with zero attached hydrogens (tertiary/aromatic N) is 1. The second kappa shape index (κ2) is 4.63. The van der Waals surface area contributed by atoms with Crippen molar-refractivity contribution in [1.82, 2.24) is 9.97 Å². The van der Waals surface area contributed by atoms with Crippen molar-refractivity contribution in [3.8, 4) is 0 Å². The van der Waals surface area contributed by atoms with Gasteiger partial charge in [-0.1, -0.05) is 32.1 Å². The molecule has 0 spiro atoms. The summed E-state index contributed by atoms with van der Waals surface area (Å²) in [6.07, 6.45) is 12.7. The van der Waals surface area contributed by atoms with E-state index in [1.807, 2.05) is 6.92 Å². The van der Waals surface area contributed by atoms with Gasteiger partial charge in [-0.25, -0.2) is 4.98 Å². The van der Waals surface area contributed by atoms with Crippen LogP contribution in [0.3, 0.4) is 0 Å². The van der Waals surface area contributed by atoms with Crippen LogP contribution in [0.2, 0.25) is 0 Å². The summed E-state index contributed by atoms with van der Waals surface area (Å²) in [6, 6.07) is 0. The fourth-order valence-corrected chi connectivity index (χ4v) is 2.41. The van der Waals surface area contributed by atoms with Crippen molar-refractivity contribution >= 4 is 0 Å². The zero-order valence-electron chi connectivity index (χ0n) is 8.97. The standard InChI is InChI=1S/C12H19N2/c1-10-13-9-12(14-10)8-4-7-11-5-2-3-6-11/h11H,2-8H2,1H3,(H,13,14). The second-order valence-electron chi connectivity index (χ2n) is 4.46. The van der Waals surface area contributed by atoms with E-state index in [2.05, 4.69) is 16.2 Å². The number of rotatable bonds is 4. The number of aryl methyl sites for hydroxylation is 2. The van der Waals surface area contributed by atoms with Crippen molar-refractivity contribution < 1.29 is 0 Å². The minimum absolute atomic E-state index is 0.987. The fourth-order valence-electron chi connectivity index (χ4n) is 2.41. The average Bonchev–Trinajstić information content (AvgIpc) is 2.77. The molecule has 1 saturated carbocycles. The SMILES string of the molecule is Cc1n[c]c(CCCC2CCCC2)[nH]1. The number of hydrogen-bond acceptors (Lipinski definition) is 1. The smallest absolute Gasteiger partial charge is 0.112 e. The molecular formula is C12H19N2. The molecule has 2 rings (SSSR count). The number of hydrogen-bond donors (Lipinski definition) is 1. The number of imidazole rings is 1. The predicted molar refractivity (Wildman–Crippen MR) is 57.1 cm³/mol. The van der Waals surface area contributed by atoms with Gasteiger partial charge in [0, 0.05) is 5.69 Å². The van der Waals surface area contributed by atoms with Crippen LogP contribution in [0.1, 0.15) is 50.0 Å². The van der Waals surface area contributed by atoms with Crippen LogP contribution in [0.5, 0.6) is 0 Å². The second-order valence-corrected chi connectivity index (χ2v) is 4.46. The minimum Gasteiger partial charge on any atom is -0.346 e. The monoisotopic (exact) mass is 191 g/mol. The molecule has 2 nitrogen and oxygen atoms in total. The molecule has 1 aliphatic carbocycles. The molecule has 0 saturated heterocycles. The molecule has 1 aromatic heterocycles. The number of H-pyrrole nitrogens is 1. The van der Waals surface area contributed by atoms with Gasteiger partial charge in [0.1, 0.15) is 12.0 Å². The van der Waals surface area contributed by atoms with Gasteiger partial charge in [0.2, 0.25) is 0 Å². The molecule has 0 aliphatic heterocycles. The molecule has 1 N–H and O–H groups in total. The quantitative estimate of drug-likeness (QED) is 0.778. The molecule has 2 heteroatoms. The van der Waals surface area contributed by atoms with Crippen LogP contribution in [0.25, 0.3) is 0 Å². The predicted octanol–water partition coefficient (Wildman–Crippen LogP) is 3.03. The highest BCUT2D eigenvalue weighted by molar-refractivity contribution is 4.97. The normalized spacial score (nSPS) is 17.8. The Kier molecular flexibility index (Phi) is 3.22. The van der Waals surface area contributed by atoms with Crippen molar-refractivity contribution in [3.63, 3.8) is 0 Å². The van der Waals surface area contributed by atoms with Crippen molar-refractivity contribution in [2.24, 2.45) is 5.92 Å². The third kappa shape index (κ3) is 2.60. The van der Waals surface area contributed by atoms with E-state index in [1.54, 1.807) is 0 Å². The summed E-state index contributed by atoms with van der Waals surface area (Å²) in [5.41, 5.74) is 1.18.